The van der Waals surface area contributed by atoms with Gasteiger partial charge >= 0.3 is 0 Å². The van der Waals surface area contributed by atoms with E-state index in [0.29, 0.717) is 5.39 Å². The summed E-state index contributed by atoms with van der Waals surface area (Å²) in [4.78, 5) is 16.6. The molecule has 3 heterocycles. The molecule has 118 valence electrons. The van der Waals surface area contributed by atoms with E-state index >= 15 is 0 Å². The molecule has 2 aliphatic rings. The summed E-state index contributed by atoms with van der Waals surface area (Å²) in [6.45, 7) is 1.10. The molecular formula is C19H14N2O3. The van der Waals surface area contributed by atoms with Crippen LogP contribution in [-0.2, 0) is 6.54 Å². The Kier molecular flexibility index (Phi) is 2.76. The van der Waals surface area contributed by atoms with Crippen molar-refractivity contribution >= 4 is 22.6 Å². The molecule has 5 rings (SSSR count). The molecule has 0 aliphatic carbocycles. The molecule has 5 heteroatoms. The highest BCUT2D eigenvalue weighted by atomic mass is 16.7. The van der Waals surface area contributed by atoms with Gasteiger partial charge in [0, 0.05) is 6.54 Å². The Hall–Kier alpha value is -3.08. The zero-order valence-corrected chi connectivity index (χ0v) is 12.9. The van der Waals surface area contributed by atoms with Crippen molar-refractivity contribution in [3.8, 4) is 11.5 Å². The summed E-state index contributed by atoms with van der Waals surface area (Å²) in [5.41, 5.74) is 2.86. The van der Waals surface area contributed by atoms with Crippen LogP contribution in [0.15, 0.2) is 47.3 Å². The Bertz CT molecular complexity index is 1070. The minimum atomic E-state index is -0.171. The minimum absolute atomic E-state index is 0.171. The van der Waals surface area contributed by atoms with E-state index in [9.17, 15) is 4.79 Å². The highest BCUT2D eigenvalue weighted by Crippen LogP contribution is 2.35. The van der Waals surface area contributed by atoms with Crippen LogP contribution in [0.4, 0.5) is 0 Å². The quantitative estimate of drug-likeness (QED) is 0.692. The molecule has 24 heavy (non-hydrogen) atoms. The van der Waals surface area contributed by atoms with E-state index in [2.05, 4.69) is 15.6 Å². The molecule has 0 amide bonds. The largest absolute Gasteiger partial charge is 0.454 e. The molecule has 1 aromatic heterocycles. The average molecular weight is 318 g/mol. The molecule has 5 nitrogen and oxygen atoms in total. The Balaban J connectivity index is 1.65. The lowest BCUT2D eigenvalue weighted by Gasteiger charge is -2.07. The van der Waals surface area contributed by atoms with Crippen LogP contribution in [0.25, 0.3) is 22.6 Å². The minimum Gasteiger partial charge on any atom is -0.454 e. The smallest absolute Gasteiger partial charge is 0.281 e. The predicted molar refractivity (Wildman–Crippen MR) is 91.1 cm³/mol. The van der Waals surface area contributed by atoms with E-state index < -0.39 is 0 Å². The topological polar surface area (TPSA) is 53.4 Å². The van der Waals surface area contributed by atoms with Gasteiger partial charge in [0.05, 0.1) is 10.9 Å². The average Bonchev–Trinajstić information content (AvgIpc) is 3.22. The lowest BCUT2D eigenvalue weighted by Crippen LogP contribution is -2.14. The summed E-state index contributed by atoms with van der Waals surface area (Å²) in [6, 6.07) is 13.5. The maximum atomic E-state index is 12.3. The van der Waals surface area contributed by atoms with Gasteiger partial charge in [0.1, 0.15) is 5.82 Å². The van der Waals surface area contributed by atoms with Crippen LogP contribution in [0.1, 0.15) is 17.8 Å². The third-order valence-corrected chi connectivity index (χ3v) is 4.52. The van der Waals surface area contributed by atoms with Crippen LogP contribution >= 0.6 is 0 Å². The van der Waals surface area contributed by atoms with Crippen LogP contribution in [-0.4, -0.2) is 16.3 Å². The number of hydrogen-bond acceptors (Lipinski definition) is 4. The first-order valence-corrected chi connectivity index (χ1v) is 7.90. The van der Waals surface area contributed by atoms with Crippen molar-refractivity contribution in [3.05, 3.63) is 64.2 Å². The number of ether oxygens (including phenoxy) is 2. The summed E-state index contributed by atoms with van der Waals surface area (Å²) in [5.74, 6) is 2.28. The van der Waals surface area contributed by atoms with E-state index in [1.165, 1.54) is 0 Å². The van der Waals surface area contributed by atoms with E-state index in [1.807, 2.05) is 42.5 Å². The van der Waals surface area contributed by atoms with Crippen LogP contribution in [0.2, 0.25) is 0 Å². The van der Waals surface area contributed by atoms with Crippen molar-refractivity contribution in [2.45, 2.75) is 13.0 Å². The van der Waals surface area contributed by atoms with Gasteiger partial charge in [-0.15, -0.1) is 0 Å². The molecule has 2 aromatic carbocycles. The highest BCUT2D eigenvalue weighted by molar-refractivity contribution is 5.86. The standard InChI is InChI=1S/C19H14N2O3/c22-19-14-3-1-2-4-15(14)21-8-7-13(18(21)20-19)9-12-5-6-16-17(10-12)24-11-23-16/h1-6,9-10H,7-8,11H2/b13-9+. The van der Waals surface area contributed by atoms with Crippen molar-refractivity contribution < 1.29 is 9.47 Å². The molecule has 0 unspecified atom stereocenters. The molecule has 0 bridgehead atoms. The Labute approximate surface area is 137 Å². The third-order valence-electron chi connectivity index (χ3n) is 4.52. The molecule has 0 saturated heterocycles. The van der Waals surface area contributed by atoms with Gasteiger partial charge in [0.2, 0.25) is 6.79 Å². The second-order valence-corrected chi connectivity index (χ2v) is 5.94. The zero-order chi connectivity index (χ0) is 16.1. The fourth-order valence-electron chi connectivity index (χ4n) is 3.38. The fourth-order valence-corrected chi connectivity index (χ4v) is 3.38. The number of rotatable bonds is 1. The van der Waals surface area contributed by atoms with Crippen molar-refractivity contribution in [2.24, 2.45) is 0 Å². The lowest BCUT2D eigenvalue weighted by atomic mass is 10.1. The molecule has 0 radical (unpaired) electrons. The molecule has 0 saturated carbocycles. The number of benzene rings is 2. The lowest BCUT2D eigenvalue weighted by molar-refractivity contribution is 0.174. The van der Waals surface area contributed by atoms with Gasteiger partial charge in [-0.1, -0.05) is 18.2 Å². The molecule has 0 N–H and O–H groups in total. The first-order chi connectivity index (χ1) is 11.8. The normalized spacial score (nSPS) is 16.8. The third kappa shape index (κ3) is 1.94. The molecule has 0 fully saturated rings. The van der Waals surface area contributed by atoms with Gasteiger partial charge in [-0.2, -0.15) is 4.98 Å². The second kappa shape index (κ2) is 4.96. The molecule has 0 spiro atoms. The Morgan fingerprint density at radius 1 is 1.08 bits per heavy atom. The fraction of sp³-hybridized carbons (Fsp3) is 0.158. The second-order valence-electron chi connectivity index (χ2n) is 5.94. The summed E-state index contributed by atoms with van der Waals surface area (Å²) in [7, 11) is 0. The predicted octanol–water partition coefficient (Wildman–Crippen LogP) is 3.07. The number of aromatic nitrogens is 2. The SMILES string of the molecule is O=c1nc2n(c3ccccc13)CC/C2=C\c1ccc2c(c1)OCO2. The van der Waals surface area contributed by atoms with Crippen molar-refractivity contribution in [1.82, 2.24) is 9.55 Å². The monoisotopic (exact) mass is 318 g/mol. The summed E-state index contributed by atoms with van der Waals surface area (Å²) < 4.78 is 12.9. The van der Waals surface area contributed by atoms with E-state index in [0.717, 1.165) is 46.9 Å². The van der Waals surface area contributed by atoms with Gasteiger partial charge in [-0.25, -0.2) is 0 Å². The van der Waals surface area contributed by atoms with E-state index in [4.69, 9.17) is 9.47 Å². The van der Waals surface area contributed by atoms with Gasteiger partial charge in [-0.05, 0) is 47.9 Å². The van der Waals surface area contributed by atoms with Crippen molar-refractivity contribution in [1.29, 1.82) is 0 Å². The summed E-state index contributed by atoms with van der Waals surface area (Å²) in [6.07, 6.45) is 2.93. The summed E-state index contributed by atoms with van der Waals surface area (Å²) >= 11 is 0. The van der Waals surface area contributed by atoms with E-state index in [1.54, 1.807) is 0 Å². The first kappa shape index (κ1) is 13.4. The molecule has 2 aliphatic heterocycles. The number of nitrogens with zero attached hydrogens (tertiary/aromatic N) is 2. The van der Waals surface area contributed by atoms with Gasteiger partial charge in [0.25, 0.3) is 5.56 Å². The Morgan fingerprint density at radius 2 is 1.96 bits per heavy atom. The van der Waals surface area contributed by atoms with Crippen LogP contribution in [0.3, 0.4) is 0 Å². The van der Waals surface area contributed by atoms with Crippen molar-refractivity contribution in [3.63, 3.8) is 0 Å². The maximum Gasteiger partial charge on any atom is 0.281 e. The van der Waals surface area contributed by atoms with Gasteiger partial charge < -0.3 is 14.0 Å². The van der Waals surface area contributed by atoms with Crippen LogP contribution in [0, 0.1) is 0 Å². The maximum absolute atomic E-state index is 12.3. The van der Waals surface area contributed by atoms with Gasteiger partial charge in [0.15, 0.2) is 11.5 Å². The molecule has 0 atom stereocenters. The van der Waals surface area contributed by atoms with Crippen LogP contribution < -0.4 is 15.0 Å². The number of para-hydroxylation sites is 1. The number of fused-ring (bicyclic) bond motifs is 4. The highest BCUT2D eigenvalue weighted by Gasteiger charge is 2.21. The number of aryl methyl sites for hydroxylation is 1. The number of hydrogen-bond donors (Lipinski definition) is 0. The first-order valence-electron chi connectivity index (χ1n) is 7.90. The van der Waals surface area contributed by atoms with Gasteiger partial charge in [-0.3, -0.25) is 4.79 Å². The van der Waals surface area contributed by atoms with Crippen molar-refractivity contribution in [2.75, 3.05) is 6.79 Å². The number of allylic oxidation sites excluding steroid dienone is 1. The van der Waals surface area contributed by atoms with E-state index in [-0.39, 0.29) is 12.4 Å². The zero-order valence-electron chi connectivity index (χ0n) is 12.9. The Morgan fingerprint density at radius 3 is 2.92 bits per heavy atom. The molecular weight excluding hydrogens is 304 g/mol. The molecule has 3 aromatic rings. The summed E-state index contributed by atoms with van der Waals surface area (Å²) in [5, 5.41) is 0.672. The van der Waals surface area contributed by atoms with Crippen LogP contribution in [0.5, 0.6) is 11.5 Å².